The van der Waals surface area contributed by atoms with Crippen molar-refractivity contribution in [2.75, 3.05) is 6.61 Å². The van der Waals surface area contributed by atoms with E-state index < -0.39 is 11.9 Å². The Balaban J connectivity index is 2.51. The highest BCUT2D eigenvalue weighted by atomic mass is 17.4. The third kappa shape index (κ3) is 6.74. The smallest absolute Gasteiger partial charge is 0.309 e. The van der Waals surface area contributed by atoms with Gasteiger partial charge in [-0.1, -0.05) is 33.6 Å². The van der Waals surface area contributed by atoms with Crippen LogP contribution in [0, 0.1) is 11.8 Å². The molecule has 0 aromatic carbocycles. The van der Waals surface area contributed by atoms with Crippen molar-refractivity contribution in [1.82, 2.24) is 0 Å². The van der Waals surface area contributed by atoms with E-state index in [9.17, 15) is 4.79 Å². The number of hydrogen-bond donors (Lipinski definition) is 1. The van der Waals surface area contributed by atoms with Crippen molar-refractivity contribution in [3.63, 3.8) is 0 Å². The van der Waals surface area contributed by atoms with Crippen LogP contribution in [-0.4, -0.2) is 29.7 Å². The number of esters is 1. The van der Waals surface area contributed by atoms with Gasteiger partial charge < -0.3 is 4.74 Å². The van der Waals surface area contributed by atoms with E-state index in [4.69, 9.17) is 19.8 Å². The number of rotatable bonds is 11. The molecule has 0 saturated carbocycles. The molecule has 1 fully saturated rings. The van der Waals surface area contributed by atoms with E-state index in [0.29, 0.717) is 12.8 Å². The Hall–Kier alpha value is -0.690. The van der Waals surface area contributed by atoms with Gasteiger partial charge in [-0.15, -0.1) is 0 Å². The Morgan fingerprint density at radius 2 is 1.95 bits per heavy atom. The average molecular weight is 304 g/mol. The van der Waals surface area contributed by atoms with Gasteiger partial charge in [0.05, 0.1) is 5.92 Å². The van der Waals surface area contributed by atoms with Gasteiger partial charge in [0.1, 0.15) is 12.7 Å². The summed E-state index contributed by atoms with van der Waals surface area (Å²) in [6, 6.07) is 0. The molecular formula is C15H28O6. The Morgan fingerprint density at radius 1 is 1.29 bits per heavy atom. The zero-order valence-corrected chi connectivity index (χ0v) is 13.5. The van der Waals surface area contributed by atoms with Gasteiger partial charge in [0, 0.05) is 6.42 Å². The summed E-state index contributed by atoms with van der Waals surface area (Å²) in [4.78, 5) is 26.2. The van der Waals surface area contributed by atoms with Gasteiger partial charge in [0.15, 0.2) is 0 Å². The topological polar surface area (TPSA) is 80.8 Å². The maximum atomic E-state index is 12.3. The molecule has 0 amide bonds. The predicted molar refractivity (Wildman–Crippen MR) is 76.1 cm³/mol. The lowest BCUT2D eigenvalue weighted by molar-refractivity contribution is -0.262. The third-order valence-corrected chi connectivity index (χ3v) is 3.80. The highest BCUT2D eigenvalue weighted by molar-refractivity contribution is 5.72. The molecule has 2 atom stereocenters. The van der Waals surface area contributed by atoms with Crippen molar-refractivity contribution >= 4 is 5.97 Å². The molecule has 0 spiro atoms. The zero-order chi connectivity index (χ0) is 15.9. The first-order valence-corrected chi connectivity index (χ1v) is 7.75. The Morgan fingerprint density at radius 3 is 2.43 bits per heavy atom. The zero-order valence-electron chi connectivity index (χ0n) is 13.5. The molecule has 1 saturated heterocycles. The fraction of sp³-hybridized carbons (Fsp3) is 0.933. The second kappa shape index (κ2) is 8.68. The van der Waals surface area contributed by atoms with Gasteiger partial charge in [-0.2, -0.15) is 9.78 Å². The van der Waals surface area contributed by atoms with Gasteiger partial charge in [-0.25, -0.2) is 4.89 Å². The standard InChI is InChI=1S/C15H28O6/c1-5-6-7-12(8-9-15(4)20-21-15)14(16)19-13(10-18-17)11(2)3/h11-13,17H,5-10H2,1-4H3. The largest absolute Gasteiger partial charge is 0.459 e. The lowest BCUT2D eigenvalue weighted by Gasteiger charge is -2.23. The SMILES string of the molecule is CCCCC(CCC1(C)OO1)C(=O)OC(COO)C(C)C. The van der Waals surface area contributed by atoms with Crippen LogP contribution in [0.2, 0.25) is 0 Å². The van der Waals surface area contributed by atoms with E-state index >= 15 is 0 Å². The normalized spacial score (nSPS) is 19.3. The van der Waals surface area contributed by atoms with Gasteiger partial charge >= 0.3 is 5.97 Å². The minimum atomic E-state index is -0.531. The van der Waals surface area contributed by atoms with Crippen LogP contribution in [0.25, 0.3) is 0 Å². The highest BCUT2D eigenvalue weighted by Crippen LogP contribution is 2.35. The number of unbranched alkanes of at least 4 members (excludes halogenated alkanes) is 1. The lowest BCUT2D eigenvalue weighted by Crippen LogP contribution is -2.31. The third-order valence-electron chi connectivity index (χ3n) is 3.80. The first-order valence-electron chi connectivity index (χ1n) is 7.75. The van der Waals surface area contributed by atoms with Crippen molar-refractivity contribution in [3.05, 3.63) is 0 Å². The minimum Gasteiger partial charge on any atom is -0.459 e. The maximum absolute atomic E-state index is 12.3. The molecule has 0 bridgehead atoms. The molecule has 1 aliphatic rings. The summed E-state index contributed by atoms with van der Waals surface area (Å²) in [7, 11) is 0. The second-order valence-corrected chi connectivity index (χ2v) is 6.19. The first-order chi connectivity index (χ1) is 9.91. The van der Waals surface area contributed by atoms with Crippen LogP contribution < -0.4 is 0 Å². The Kier molecular flexibility index (Phi) is 7.59. The molecule has 1 N–H and O–H groups in total. The van der Waals surface area contributed by atoms with Gasteiger partial charge in [-0.3, -0.25) is 10.1 Å². The lowest BCUT2D eigenvalue weighted by atomic mass is 9.94. The summed E-state index contributed by atoms with van der Waals surface area (Å²) in [6.45, 7) is 7.78. The van der Waals surface area contributed by atoms with Crippen molar-refractivity contribution in [2.24, 2.45) is 11.8 Å². The van der Waals surface area contributed by atoms with Crippen LogP contribution in [0.3, 0.4) is 0 Å². The maximum Gasteiger partial charge on any atom is 0.309 e. The van der Waals surface area contributed by atoms with Gasteiger partial charge in [0.2, 0.25) is 5.79 Å². The van der Waals surface area contributed by atoms with E-state index in [-0.39, 0.29) is 24.4 Å². The van der Waals surface area contributed by atoms with E-state index in [0.717, 1.165) is 19.3 Å². The summed E-state index contributed by atoms with van der Waals surface area (Å²) in [6.07, 6.45) is 3.69. The van der Waals surface area contributed by atoms with Crippen molar-refractivity contribution in [3.8, 4) is 0 Å². The number of hydrogen-bond acceptors (Lipinski definition) is 6. The number of carbonyl (C=O) groups excluding carboxylic acids is 1. The highest BCUT2D eigenvalue weighted by Gasteiger charge is 2.43. The van der Waals surface area contributed by atoms with Crippen molar-refractivity contribution in [2.45, 2.75) is 71.7 Å². The molecule has 2 unspecified atom stereocenters. The van der Waals surface area contributed by atoms with Gasteiger partial charge in [-0.05, 0) is 25.7 Å². The van der Waals surface area contributed by atoms with E-state index in [1.807, 2.05) is 20.8 Å². The number of carbonyl (C=O) groups is 1. The fourth-order valence-electron chi connectivity index (χ4n) is 2.10. The minimum absolute atomic E-state index is 0.00611. The van der Waals surface area contributed by atoms with Gasteiger partial charge in [0.25, 0.3) is 0 Å². The number of ether oxygens (including phenoxy) is 1. The van der Waals surface area contributed by atoms with Crippen molar-refractivity contribution in [1.29, 1.82) is 0 Å². The van der Waals surface area contributed by atoms with Crippen LogP contribution in [0.15, 0.2) is 0 Å². The van der Waals surface area contributed by atoms with Crippen LogP contribution in [-0.2, 0) is 24.2 Å². The Labute approximate surface area is 126 Å². The van der Waals surface area contributed by atoms with Crippen LogP contribution >= 0.6 is 0 Å². The molecule has 0 aliphatic carbocycles. The molecule has 6 nitrogen and oxygen atoms in total. The average Bonchev–Trinajstić information content (AvgIpc) is 3.16. The molecule has 6 heteroatoms. The summed E-state index contributed by atoms with van der Waals surface area (Å²) >= 11 is 0. The molecule has 21 heavy (non-hydrogen) atoms. The predicted octanol–water partition coefficient (Wildman–Crippen LogP) is 3.31. The van der Waals surface area contributed by atoms with E-state index in [2.05, 4.69) is 11.8 Å². The summed E-state index contributed by atoms with van der Waals surface area (Å²) in [5.41, 5.74) is 0. The fourth-order valence-corrected chi connectivity index (χ4v) is 2.10. The molecule has 1 rings (SSSR count). The molecule has 0 aromatic rings. The molecule has 0 aromatic heterocycles. The molecule has 124 valence electrons. The summed E-state index contributed by atoms with van der Waals surface area (Å²) in [5, 5.41) is 8.57. The van der Waals surface area contributed by atoms with Crippen LogP contribution in [0.4, 0.5) is 0 Å². The second-order valence-electron chi connectivity index (χ2n) is 6.19. The monoisotopic (exact) mass is 304 g/mol. The van der Waals surface area contributed by atoms with E-state index in [1.165, 1.54) is 0 Å². The van der Waals surface area contributed by atoms with Crippen LogP contribution in [0.1, 0.15) is 59.8 Å². The molecule has 0 radical (unpaired) electrons. The van der Waals surface area contributed by atoms with E-state index in [1.54, 1.807) is 0 Å². The molecule has 1 aliphatic heterocycles. The first kappa shape index (κ1) is 18.4. The molecule has 1 heterocycles. The van der Waals surface area contributed by atoms with Crippen molar-refractivity contribution < 1.29 is 29.5 Å². The van der Waals surface area contributed by atoms with Crippen LogP contribution in [0.5, 0.6) is 0 Å². The Bertz CT molecular complexity index is 313. The summed E-state index contributed by atoms with van der Waals surface area (Å²) in [5.74, 6) is -0.852. The molecular weight excluding hydrogens is 276 g/mol. The summed E-state index contributed by atoms with van der Waals surface area (Å²) < 4.78 is 5.49. The quantitative estimate of drug-likeness (QED) is 0.273.